The summed E-state index contributed by atoms with van der Waals surface area (Å²) in [4.78, 5) is 14.9. The zero-order valence-electron chi connectivity index (χ0n) is 16.5. The molecule has 0 unspecified atom stereocenters. The Labute approximate surface area is 169 Å². The first-order chi connectivity index (χ1) is 14.0. The second kappa shape index (κ2) is 8.07. The molecule has 1 aromatic heterocycles. The molecule has 5 nitrogen and oxygen atoms in total. The number of nitrogens with zero attached hydrogens (tertiary/aromatic N) is 2. The molecule has 0 N–H and O–H groups in total. The van der Waals surface area contributed by atoms with Gasteiger partial charge in [-0.05, 0) is 68.7 Å². The lowest BCUT2D eigenvalue weighted by molar-refractivity contribution is 0.0730. The van der Waals surface area contributed by atoms with Crippen molar-refractivity contribution in [3.8, 4) is 5.75 Å². The average molecular weight is 394 g/mol. The van der Waals surface area contributed by atoms with Crippen LogP contribution in [0, 0.1) is 19.7 Å². The first-order valence-electron chi connectivity index (χ1n) is 9.71. The molecule has 0 atom stereocenters. The topological polar surface area (TPSA) is 55.6 Å². The third-order valence-corrected chi connectivity index (χ3v) is 5.18. The highest BCUT2D eigenvalue weighted by Gasteiger charge is 2.33. The second-order valence-corrected chi connectivity index (χ2v) is 7.41. The van der Waals surface area contributed by atoms with E-state index in [1.54, 1.807) is 36.4 Å². The number of carbonyl (C=O) groups excluding carboxylic acids is 1. The van der Waals surface area contributed by atoms with Crippen molar-refractivity contribution in [2.45, 2.75) is 45.9 Å². The van der Waals surface area contributed by atoms with E-state index in [0.29, 0.717) is 24.5 Å². The van der Waals surface area contributed by atoms with Gasteiger partial charge in [0.05, 0.1) is 11.3 Å². The fraction of sp³-hybridized carbons (Fsp3) is 0.304. The second-order valence-electron chi connectivity index (χ2n) is 7.41. The van der Waals surface area contributed by atoms with Crippen molar-refractivity contribution in [2.75, 3.05) is 0 Å². The van der Waals surface area contributed by atoms with Gasteiger partial charge in [-0.25, -0.2) is 4.39 Å². The summed E-state index contributed by atoms with van der Waals surface area (Å²) in [6.07, 6.45) is 2.01. The standard InChI is InChI=1S/C23H23FN2O3/c1-15-22(16(2)29-25-15)14-28-21-11-5-18(6-12-21)23(27)26(20-9-10-20)13-17-3-7-19(24)8-4-17/h3-8,11-12,20H,9-10,13-14H2,1-2H3. The van der Waals surface area contributed by atoms with Crippen LogP contribution in [-0.4, -0.2) is 22.0 Å². The van der Waals surface area contributed by atoms with Crippen molar-refractivity contribution in [3.05, 3.63) is 82.5 Å². The molecule has 3 aromatic rings. The van der Waals surface area contributed by atoms with Crippen LogP contribution in [0.2, 0.25) is 0 Å². The highest BCUT2D eigenvalue weighted by Crippen LogP contribution is 2.30. The third-order valence-electron chi connectivity index (χ3n) is 5.18. The Balaban J connectivity index is 1.42. The predicted octanol–water partition coefficient (Wildman–Crippen LogP) is 4.81. The first kappa shape index (κ1) is 19.2. The molecule has 1 amide bonds. The van der Waals surface area contributed by atoms with Gasteiger partial charge in [-0.2, -0.15) is 0 Å². The Morgan fingerprint density at radius 1 is 1.14 bits per heavy atom. The number of hydrogen-bond acceptors (Lipinski definition) is 4. The quantitative estimate of drug-likeness (QED) is 0.577. The lowest BCUT2D eigenvalue weighted by atomic mass is 10.1. The lowest BCUT2D eigenvalue weighted by Crippen LogP contribution is -2.32. The van der Waals surface area contributed by atoms with Crippen molar-refractivity contribution in [1.29, 1.82) is 0 Å². The van der Waals surface area contributed by atoms with Gasteiger partial charge in [-0.1, -0.05) is 17.3 Å². The number of halogens is 1. The van der Waals surface area contributed by atoms with Crippen LogP contribution in [0.5, 0.6) is 5.75 Å². The van der Waals surface area contributed by atoms with Gasteiger partial charge in [0.15, 0.2) is 0 Å². The van der Waals surface area contributed by atoms with E-state index in [4.69, 9.17) is 9.26 Å². The SMILES string of the molecule is Cc1noc(C)c1COc1ccc(C(=O)N(Cc2ccc(F)cc2)C2CC2)cc1. The van der Waals surface area contributed by atoms with Crippen LogP contribution in [0.15, 0.2) is 53.1 Å². The summed E-state index contributed by atoms with van der Waals surface area (Å²) >= 11 is 0. The number of ether oxygens (including phenoxy) is 1. The van der Waals surface area contributed by atoms with Crippen LogP contribution in [0.3, 0.4) is 0 Å². The lowest BCUT2D eigenvalue weighted by Gasteiger charge is -2.23. The molecule has 1 fully saturated rings. The molecule has 1 heterocycles. The average Bonchev–Trinajstić information content (AvgIpc) is 3.52. The monoisotopic (exact) mass is 394 g/mol. The highest BCUT2D eigenvalue weighted by molar-refractivity contribution is 5.94. The summed E-state index contributed by atoms with van der Waals surface area (Å²) in [6.45, 7) is 4.58. The Bertz CT molecular complexity index is 972. The summed E-state index contributed by atoms with van der Waals surface area (Å²) in [7, 11) is 0. The molecule has 29 heavy (non-hydrogen) atoms. The largest absolute Gasteiger partial charge is 0.489 e. The van der Waals surface area contributed by atoms with E-state index in [2.05, 4.69) is 5.16 Å². The van der Waals surface area contributed by atoms with Crippen molar-refractivity contribution in [2.24, 2.45) is 0 Å². The molecular weight excluding hydrogens is 371 g/mol. The van der Waals surface area contributed by atoms with E-state index in [0.717, 1.165) is 35.4 Å². The molecule has 0 spiro atoms. The summed E-state index contributed by atoms with van der Waals surface area (Å²) in [5.74, 6) is 1.13. The van der Waals surface area contributed by atoms with Gasteiger partial charge in [0.1, 0.15) is 23.9 Å². The number of benzene rings is 2. The van der Waals surface area contributed by atoms with Gasteiger partial charge in [0.2, 0.25) is 0 Å². The number of aryl methyl sites for hydroxylation is 2. The van der Waals surface area contributed by atoms with E-state index in [1.807, 2.05) is 18.7 Å². The third kappa shape index (κ3) is 4.47. The minimum Gasteiger partial charge on any atom is -0.489 e. The molecule has 6 heteroatoms. The summed E-state index contributed by atoms with van der Waals surface area (Å²) in [5.41, 5.74) is 3.29. The molecule has 2 aromatic carbocycles. The number of carbonyl (C=O) groups is 1. The normalized spacial score (nSPS) is 13.3. The number of hydrogen-bond donors (Lipinski definition) is 0. The molecule has 1 aliphatic carbocycles. The van der Waals surface area contributed by atoms with Crippen molar-refractivity contribution in [1.82, 2.24) is 10.1 Å². The zero-order chi connectivity index (χ0) is 20.4. The summed E-state index contributed by atoms with van der Waals surface area (Å²) in [6, 6.07) is 13.7. The molecule has 0 bridgehead atoms. The Morgan fingerprint density at radius 2 is 1.83 bits per heavy atom. The molecular formula is C23H23FN2O3. The predicted molar refractivity (Wildman–Crippen MR) is 106 cm³/mol. The Kier molecular flexibility index (Phi) is 5.34. The maximum Gasteiger partial charge on any atom is 0.254 e. The van der Waals surface area contributed by atoms with Crippen molar-refractivity contribution < 1.29 is 18.4 Å². The van der Waals surface area contributed by atoms with Crippen LogP contribution in [0.1, 0.15) is 45.8 Å². The molecule has 1 aliphatic rings. The Morgan fingerprint density at radius 3 is 2.41 bits per heavy atom. The minimum atomic E-state index is -0.273. The fourth-order valence-corrected chi connectivity index (χ4v) is 3.26. The Hall–Kier alpha value is -3.15. The summed E-state index contributed by atoms with van der Waals surface area (Å²) in [5, 5.41) is 3.92. The molecule has 1 saturated carbocycles. The maximum atomic E-state index is 13.2. The number of aromatic nitrogens is 1. The van der Waals surface area contributed by atoms with Gasteiger partial charge in [-0.3, -0.25) is 4.79 Å². The van der Waals surface area contributed by atoms with Crippen LogP contribution < -0.4 is 4.74 Å². The van der Waals surface area contributed by atoms with Gasteiger partial charge in [0, 0.05) is 18.2 Å². The smallest absolute Gasteiger partial charge is 0.254 e. The number of amides is 1. The van der Waals surface area contributed by atoms with E-state index in [1.165, 1.54) is 12.1 Å². The molecule has 0 saturated heterocycles. The highest BCUT2D eigenvalue weighted by atomic mass is 19.1. The van der Waals surface area contributed by atoms with Gasteiger partial charge in [-0.15, -0.1) is 0 Å². The van der Waals surface area contributed by atoms with E-state index >= 15 is 0 Å². The number of rotatable bonds is 7. The summed E-state index contributed by atoms with van der Waals surface area (Å²) < 4.78 is 24.1. The molecule has 0 aliphatic heterocycles. The fourth-order valence-electron chi connectivity index (χ4n) is 3.26. The first-order valence-corrected chi connectivity index (χ1v) is 9.71. The molecule has 0 radical (unpaired) electrons. The van der Waals surface area contributed by atoms with Crippen LogP contribution in [0.25, 0.3) is 0 Å². The van der Waals surface area contributed by atoms with Crippen molar-refractivity contribution in [3.63, 3.8) is 0 Å². The molecule has 4 rings (SSSR count). The molecule has 150 valence electrons. The minimum absolute atomic E-state index is 0.0194. The maximum absolute atomic E-state index is 13.2. The van der Waals surface area contributed by atoms with Gasteiger partial charge in [0.25, 0.3) is 5.91 Å². The van der Waals surface area contributed by atoms with Crippen LogP contribution in [-0.2, 0) is 13.2 Å². The van der Waals surface area contributed by atoms with Crippen molar-refractivity contribution >= 4 is 5.91 Å². The van der Waals surface area contributed by atoms with Crippen LogP contribution >= 0.6 is 0 Å². The van der Waals surface area contributed by atoms with Gasteiger partial charge >= 0.3 is 0 Å². The zero-order valence-corrected chi connectivity index (χ0v) is 16.5. The van der Waals surface area contributed by atoms with Gasteiger partial charge < -0.3 is 14.2 Å². The van der Waals surface area contributed by atoms with E-state index in [9.17, 15) is 9.18 Å². The van der Waals surface area contributed by atoms with E-state index in [-0.39, 0.29) is 17.8 Å². The van der Waals surface area contributed by atoms with E-state index < -0.39 is 0 Å². The van der Waals surface area contributed by atoms with Crippen LogP contribution in [0.4, 0.5) is 4.39 Å².